The fourth-order valence-electron chi connectivity index (χ4n) is 2.32. The second-order valence-electron chi connectivity index (χ2n) is 4.99. The molecule has 0 amide bonds. The Morgan fingerprint density at radius 2 is 2.20 bits per heavy atom. The minimum absolute atomic E-state index is 0.286. The molecule has 3 aromatic rings. The van der Waals surface area contributed by atoms with Gasteiger partial charge in [-0.3, -0.25) is 4.98 Å². The van der Waals surface area contributed by atoms with Gasteiger partial charge in [-0.25, -0.2) is 4.98 Å². The molecule has 3 heterocycles. The normalized spacial score (nSPS) is 12.5. The maximum absolute atomic E-state index is 4.44. The Kier molecular flexibility index (Phi) is 3.33. The van der Waals surface area contributed by atoms with Crippen LogP contribution in [-0.4, -0.2) is 25.6 Å². The third-order valence-corrected chi connectivity index (χ3v) is 3.15. The number of hydrogen-bond donors (Lipinski definition) is 1. The predicted molar refractivity (Wildman–Crippen MR) is 78.7 cm³/mol. The maximum Gasteiger partial charge on any atom is 0.157 e. The van der Waals surface area contributed by atoms with Crippen LogP contribution in [0.4, 0.5) is 5.82 Å². The summed E-state index contributed by atoms with van der Waals surface area (Å²) < 4.78 is 1.83. The highest BCUT2D eigenvalue weighted by Crippen LogP contribution is 2.14. The van der Waals surface area contributed by atoms with Gasteiger partial charge in [0.1, 0.15) is 5.82 Å². The molecule has 0 aliphatic carbocycles. The smallest absolute Gasteiger partial charge is 0.157 e. The minimum Gasteiger partial charge on any atom is -0.367 e. The van der Waals surface area contributed by atoms with Crippen LogP contribution in [0.2, 0.25) is 0 Å². The molecule has 0 saturated carbocycles. The van der Waals surface area contributed by atoms with Gasteiger partial charge in [0.15, 0.2) is 5.65 Å². The van der Waals surface area contributed by atoms with Gasteiger partial charge in [0.25, 0.3) is 0 Å². The van der Waals surface area contributed by atoms with Crippen molar-refractivity contribution in [1.82, 2.24) is 19.6 Å². The number of rotatable bonds is 4. The highest BCUT2D eigenvalue weighted by Gasteiger charge is 2.08. The zero-order valence-corrected chi connectivity index (χ0v) is 11.6. The number of pyridine rings is 1. The van der Waals surface area contributed by atoms with Crippen molar-refractivity contribution >= 4 is 11.5 Å². The first-order valence-electron chi connectivity index (χ1n) is 6.69. The van der Waals surface area contributed by atoms with Gasteiger partial charge in [0, 0.05) is 36.3 Å². The molecule has 1 atom stereocenters. The number of aryl methyl sites for hydroxylation is 1. The average molecular weight is 267 g/mol. The lowest BCUT2D eigenvalue weighted by atomic mass is 10.1. The van der Waals surface area contributed by atoms with Crippen molar-refractivity contribution in [2.45, 2.75) is 26.3 Å². The largest absolute Gasteiger partial charge is 0.367 e. The van der Waals surface area contributed by atoms with E-state index < -0.39 is 0 Å². The molecule has 3 aromatic heterocycles. The Morgan fingerprint density at radius 3 is 3.00 bits per heavy atom. The van der Waals surface area contributed by atoms with Crippen molar-refractivity contribution in [2.75, 3.05) is 5.32 Å². The van der Waals surface area contributed by atoms with Gasteiger partial charge in [-0.2, -0.15) is 9.61 Å². The lowest BCUT2D eigenvalue weighted by molar-refractivity contribution is 0.768. The Hall–Kier alpha value is -2.43. The molecule has 20 heavy (non-hydrogen) atoms. The van der Waals surface area contributed by atoms with Crippen LogP contribution in [0.5, 0.6) is 0 Å². The van der Waals surface area contributed by atoms with Crippen LogP contribution in [0.25, 0.3) is 5.65 Å². The molecular weight excluding hydrogens is 250 g/mol. The molecule has 0 aliphatic heterocycles. The third-order valence-electron chi connectivity index (χ3n) is 3.15. The average Bonchev–Trinajstić information content (AvgIpc) is 2.88. The Bertz CT molecular complexity index is 705. The third kappa shape index (κ3) is 2.61. The number of fused-ring (bicyclic) bond motifs is 1. The lowest BCUT2D eigenvalue weighted by Crippen LogP contribution is -2.20. The zero-order valence-electron chi connectivity index (χ0n) is 11.6. The fourth-order valence-corrected chi connectivity index (χ4v) is 2.32. The predicted octanol–water partition coefficient (Wildman–Crippen LogP) is 2.48. The van der Waals surface area contributed by atoms with Crippen molar-refractivity contribution in [1.29, 1.82) is 0 Å². The van der Waals surface area contributed by atoms with Crippen LogP contribution in [0.15, 0.2) is 42.9 Å². The van der Waals surface area contributed by atoms with Crippen molar-refractivity contribution in [3.05, 3.63) is 54.1 Å². The van der Waals surface area contributed by atoms with Crippen molar-refractivity contribution in [3.63, 3.8) is 0 Å². The monoisotopic (exact) mass is 267 g/mol. The first kappa shape index (κ1) is 12.6. The van der Waals surface area contributed by atoms with Gasteiger partial charge >= 0.3 is 0 Å². The minimum atomic E-state index is 0.286. The lowest BCUT2D eigenvalue weighted by Gasteiger charge is -2.16. The summed E-state index contributed by atoms with van der Waals surface area (Å²) >= 11 is 0. The van der Waals surface area contributed by atoms with E-state index >= 15 is 0 Å². The number of nitrogens with one attached hydrogen (secondary N) is 1. The van der Waals surface area contributed by atoms with E-state index in [0.717, 1.165) is 23.6 Å². The summed E-state index contributed by atoms with van der Waals surface area (Å²) in [6.45, 7) is 4.14. The number of hydrogen-bond acceptors (Lipinski definition) is 4. The van der Waals surface area contributed by atoms with Crippen LogP contribution >= 0.6 is 0 Å². The van der Waals surface area contributed by atoms with E-state index in [4.69, 9.17) is 0 Å². The van der Waals surface area contributed by atoms with Gasteiger partial charge in [-0.1, -0.05) is 6.07 Å². The Labute approximate surface area is 117 Å². The molecule has 5 heteroatoms. The molecule has 0 spiro atoms. The van der Waals surface area contributed by atoms with Crippen molar-refractivity contribution < 1.29 is 0 Å². The number of aromatic nitrogens is 4. The Morgan fingerprint density at radius 1 is 1.30 bits per heavy atom. The summed E-state index contributed by atoms with van der Waals surface area (Å²) in [5, 5.41) is 7.79. The van der Waals surface area contributed by atoms with Gasteiger partial charge in [-0.05, 0) is 31.9 Å². The van der Waals surface area contributed by atoms with Crippen LogP contribution in [-0.2, 0) is 6.42 Å². The molecular formula is C15H17N5. The topological polar surface area (TPSA) is 55.1 Å². The van der Waals surface area contributed by atoms with E-state index in [1.54, 1.807) is 12.4 Å². The highest BCUT2D eigenvalue weighted by molar-refractivity contribution is 5.49. The van der Waals surface area contributed by atoms with E-state index in [1.165, 1.54) is 5.56 Å². The zero-order chi connectivity index (χ0) is 13.9. The highest BCUT2D eigenvalue weighted by atomic mass is 15.3. The van der Waals surface area contributed by atoms with Gasteiger partial charge in [0.2, 0.25) is 0 Å². The molecule has 102 valence electrons. The molecule has 0 unspecified atom stereocenters. The van der Waals surface area contributed by atoms with E-state index in [-0.39, 0.29) is 6.04 Å². The molecule has 1 N–H and O–H groups in total. The van der Waals surface area contributed by atoms with Crippen LogP contribution in [0.1, 0.15) is 18.2 Å². The second kappa shape index (κ2) is 5.28. The second-order valence-corrected chi connectivity index (χ2v) is 4.99. The molecule has 0 fully saturated rings. The quantitative estimate of drug-likeness (QED) is 0.789. The standard InChI is InChI=1S/C15H17N5/c1-11(8-13-4-3-6-16-10-13)19-15-9-12(2)18-14-5-7-17-20(14)15/h3-7,9-11,19H,8H2,1-2H3/t11-/m1/s1. The fraction of sp³-hybridized carbons (Fsp3) is 0.267. The molecule has 0 radical (unpaired) electrons. The van der Waals surface area contributed by atoms with Crippen LogP contribution in [0, 0.1) is 6.92 Å². The van der Waals surface area contributed by atoms with E-state index in [9.17, 15) is 0 Å². The molecule has 3 rings (SSSR count). The first-order valence-corrected chi connectivity index (χ1v) is 6.69. The number of nitrogens with zero attached hydrogens (tertiary/aromatic N) is 4. The SMILES string of the molecule is Cc1cc(N[C@H](C)Cc2cccnc2)n2nccc2n1. The van der Waals surface area contributed by atoms with E-state index in [0.29, 0.717) is 0 Å². The molecule has 0 aromatic carbocycles. The summed E-state index contributed by atoms with van der Waals surface area (Å²) in [4.78, 5) is 8.58. The van der Waals surface area contributed by atoms with Crippen molar-refractivity contribution in [2.24, 2.45) is 0 Å². The maximum atomic E-state index is 4.44. The summed E-state index contributed by atoms with van der Waals surface area (Å²) in [5.41, 5.74) is 3.06. The number of anilines is 1. The van der Waals surface area contributed by atoms with Gasteiger partial charge < -0.3 is 5.32 Å². The first-order chi connectivity index (χ1) is 9.72. The summed E-state index contributed by atoms with van der Waals surface area (Å²) in [5.74, 6) is 0.967. The Balaban J connectivity index is 1.80. The molecule has 0 saturated heterocycles. The molecule has 5 nitrogen and oxygen atoms in total. The molecule has 0 aliphatic rings. The van der Waals surface area contributed by atoms with E-state index in [2.05, 4.69) is 33.4 Å². The van der Waals surface area contributed by atoms with Gasteiger partial charge in [-0.15, -0.1) is 0 Å². The molecule has 0 bridgehead atoms. The summed E-state index contributed by atoms with van der Waals surface area (Å²) in [6, 6.07) is 8.26. The van der Waals surface area contributed by atoms with E-state index in [1.807, 2.05) is 35.8 Å². The van der Waals surface area contributed by atoms with Crippen LogP contribution < -0.4 is 5.32 Å². The van der Waals surface area contributed by atoms with Gasteiger partial charge in [0.05, 0.1) is 6.20 Å². The summed E-state index contributed by atoms with van der Waals surface area (Å²) in [6.07, 6.45) is 6.37. The van der Waals surface area contributed by atoms with Crippen molar-refractivity contribution in [3.8, 4) is 0 Å². The van der Waals surface area contributed by atoms with Crippen LogP contribution in [0.3, 0.4) is 0 Å². The summed E-state index contributed by atoms with van der Waals surface area (Å²) in [7, 11) is 0.